The van der Waals surface area contributed by atoms with Gasteiger partial charge < -0.3 is 9.64 Å². The molecule has 1 amide bonds. The van der Waals surface area contributed by atoms with Crippen LogP contribution in [-0.4, -0.2) is 29.9 Å². The van der Waals surface area contributed by atoms with Gasteiger partial charge in [0.05, 0.1) is 0 Å². The minimum atomic E-state index is -0.761. The Bertz CT molecular complexity index is 385. The van der Waals surface area contributed by atoms with Crippen LogP contribution in [0.15, 0.2) is 30.3 Å². The first-order valence-corrected chi connectivity index (χ1v) is 5.27. The lowest BCUT2D eigenvalue weighted by atomic mass is 10.2. The van der Waals surface area contributed by atoms with Gasteiger partial charge in [0, 0.05) is 13.1 Å². The molecule has 1 aromatic rings. The Kier molecular flexibility index (Phi) is 3.19. The van der Waals surface area contributed by atoms with Crippen molar-refractivity contribution in [1.82, 2.24) is 4.90 Å². The Morgan fingerprint density at radius 1 is 1.19 bits per heavy atom. The van der Waals surface area contributed by atoms with Crippen LogP contribution in [0.4, 0.5) is 0 Å². The Labute approximate surface area is 93.8 Å². The molecule has 0 spiro atoms. The molecule has 0 N–H and O–H groups in total. The summed E-state index contributed by atoms with van der Waals surface area (Å²) in [5.74, 6) is -1.29. The fraction of sp³-hybridized carbons (Fsp3) is 0.333. The predicted molar refractivity (Wildman–Crippen MR) is 57.4 cm³/mol. The molecule has 1 aliphatic heterocycles. The standard InChI is InChI=1S/C12H13NO3/c14-11(13-7-4-8-13)12(15)16-9-10-5-2-1-3-6-10/h1-3,5-6H,4,7-9H2. The number of carbonyl (C=O) groups excluding carboxylic acids is 2. The summed E-state index contributed by atoms with van der Waals surface area (Å²) in [4.78, 5) is 24.2. The molecule has 0 bridgehead atoms. The van der Waals surface area contributed by atoms with E-state index in [-0.39, 0.29) is 6.61 Å². The second kappa shape index (κ2) is 4.79. The van der Waals surface area contributed by atoms with Crippen molar-refractivity contribution >= 4 is 11.9 Å². The lowest BCUT2D eigenvalue weighted by Crippen LogP contribution is -2.46. The third-order valence-corrected chi connectivity index (χ3v) is 2.53. The number of hydrogen-bond acceptors (Lipinski definition) is 3. The molecule has 4 heteroatoms. The average Bonchev–Trinajstić information content (AvgIpc) is 2.25. The maximum absolute atomic E-state index is 11.4. The number of ether oxygens (including phenoxy) is 1. The van der Waals surface area contributed by atoms with Crippen molar-refractivity contribution in [1.29, 1.82) is 0 Å². The highest BCUT2D eigenvalue weighted by atomic mass is 16.5. The second-order valence-electron chi connectivity index (χ2n) is 3.71. The zero-order chi connectivity index (χ0) is 11.4. The molecule has 1 saturated heterocycles. The molecule has 2 rings (SSSR count). The number of likely N-dealkylation sites (tertiary alicyclic amines) is 1. The number of amides is 1. The molecule has 1 heterocycles. The third-order valence-electron chi connectivity index (χ3n) is 2.53. The van der Waals surface area contributed by atoms with Crippen LogP contribution in [0, 0.1) is 0 Å². The quantitative estimate of drug-likeness (QED) is 0.550. The molecule has 4 nitrogen and oxygen atoms in total. The van der Waals surface area contributed by atoms with Crippen molar-refractivity contribution in [2.24, 2.45) is 0 Å². The molecular weight excluding hydrogens is 206 g/mol. The summed E-state index contributed by atoms with van der Waals surface area (Å²) in [6.45, 7) is 1.48. The summed E-state index contributed by atoms with van der Waals surface area (Å²) in [6.07, 6.45) is 0.970. The lowest BCUT2D eigenvalue weighted by molar-refractivity contribution is -0.162. The molecule has 0 aliphatic carbocycles. The van der Waals surface area contributed by atoms with Crippen LogP contribution < -0.4 is 0 Å². The fourth-order valence-corrected chi connectivity index (χ4v) is 1.43. The Morgan fingerprint density at radius 3 is 2.44 bits per heavy atom. The topological polar surface area (TPSA) is 46.6 Å². The molecule has 16 heavy (non-hydrogen) atoms. The third kappa shape index (κ3) is 2.39. The highest BCUT2D eigenvalue weighted by Crippen LogP contribution is 2.07. The number of esters is 1. The maximum atomic E-state index is 11.4. The number of rotatable bonds is 2. The monoisotopic (exact) mass is 219 g/mol. The first-order valence-electron chi connectivity index (χ1n) is 5.27. The van der Waals surface area contributed by atoms with Crippen LogP contribution in [0.2, 0.25) is 0 Å². The van der Waals surface area contributed by atoms with Gasteiger partial charge in [-0.25, -0.2) is 4.79 Å². The summed E-state index contributed by atoms with van der Waals surface area (Å²) >= 11 is 0. The molecule has 1 aliphatic rings. The first-order chi connectivity index (χ1) is 7.77. The van der Waals surface area contributed by atoms with Crippen molar-refractivity contribution in [2.45, 2.75) is 13.0 Å². The average molecular weight is 219 g/mol. The van der Waals surface area contributed by atoms with Crippen molar-refractivity contribution in [2.75, 3.05) is 13.1 Å². The molecule has 1 fully saturated rings. The van der Waals surface area contributed by atoms with E-state index in [2.05, 4.69) is 0 Å². The Hall–Kier alpha value is -1.84. The van der Waals surface area contributed by atoms with Crippen LogP contribution in [-0.2, 0) is 20.9 Å². The summed E-state index contributed by atoms with van der Waals surface area (Å²) in [5.41, 5.74) is 0.882. The van der Waals surface area contributed by atoms with Crippen molar-refractivity contribution < 1.29 is 14.3 Å². The summed E-state index contributed by atoms with van der Waals surface area (Å²) in [6, 6.07) is 9.31. The van der Waals surface area contributed by atoms with E-state index in [1.807, 2.05) is 30.3 Å². The fourth-order valence-electron chi connectivity index (χ4n) is 1.43. The van der Waals surface area contributed by atoms with Gasteiger partial charge in [0.25, 0.3) is 0 Å². The van der Waals surface area contributed by atoms with Crippen LogP contribution in [0.5, 0.6) is 0 Å². The highest BCUT2D eigenvalue weighted by Gasteiger charge is 2.27. The van der Waals surface area contributed by atoms with Gasteiger partial charge in [-0.2, -0.15) is 0 Å². The van der Waals surface area contributed by atoms with Crippen molar-refractivity contribution in [3.63, 3.8) is 0 Å². The van der Waals surface area contributed by atoms with Gasteiger partial charge in [-0.05, 0) is 12.0 Å². The van der Waals surface area contributed by atoms with Crippen molar-refractivity contribution in [3.05, 3.63) is 35.9 Å². The highest BCUT2D eigenvalue weighted by molar-refractivity contribution is 6.32. The second-order valence-corrected chi connectivity index (χ2v) is 3.71. The first kappa shape index (κ1) is 10.7. The van der Waals surface area contributed by atoms with E-state index < -0.39 is 11.9 Å². The smallest absolute Gasteiger partial charge is 0.397 e. The van der Waals surface area contributed by atoms with Crippen molar-refractivity contribution in [3.8, 4) is 0 Å². The van der Waals surface area contributed by atoms with Gasteiger partial charge in [0.1, 0.15) is 6.61 Å². The van der Waals surface area contributed by atoms with Gasteiger partial charge in [0.15, 0.2) is 0 Å². The van der Waals surface area contributed by atoms with E-state index in [0.717, 1.165) is 12.0 Å². The largest absolute Gasteiger partial charge is 0.454 e. The summed E-state index contributed by atoms with van der Waals surface area (Å²) in [7, 11) is 0. The van der Waals surface area contributed by atoms with E-state index >= 15 is 0 Å². The predicted octanol–water partition coefficient (Wildman–Crippen LogP) is 0.962. The van der Waals surface area contributed by atoms with E-state index in [1.54, 1.807) is 0 Å². The maximum Gasteiger partial charge on any atom is 0.397 e. The molecular formula is C12H13NO3. The molecule has 0 radical (unpaired) electrons. The van der Waals surface area contributed by atoms with Crippen LogP contribution in [0.25, 0.3) is 0 Å². The SMILES string of the molecule is O=C(OCc1ccccc1)C(=O)N1CCC1. The number of nitrogens with zero attached hydrogens (tertiary/aromatic N) is 1. The Morgan fingerprint density at radius 2 is 1.88 bits per heavy atom. The number of hydrogen-bond donors (Lipinski definition) is 0. The molecule has 0 saturated carbocycles. The molecule has 84 valence electrons. The summed E-state index contributed by atoms with van der Waals surface area (Å²) in [5, 5.41) is 0. The lowest BCUT2D eigenvalue weighted by Gasteiger charge is -2.29. The minimum absolute atomic E-state index is 0.152. The number of carbonyl (C=O) groups is 2. The van der Waals surface area contributed by atoms with Gasteiger partial charge in [-0.1, -0.05) is 30.3 Å². The van der Waals surface area contributed by atoms with Gasteiger partial charge in [0.2, 0.25) is 0 Å². The molecule has 0 atom stereocenters. The van der Waals surface area contributed by atoms with Crippen LogP contribution in [0.1, 0.15) is 12.0 Å². The van der Waals surface area contributed by atoms with E-state index in [4.69, 9.17) is 4.74 Å². The minimum Gasteiger partial charge on any atom is -0.454 e. The van der Waals surface area contributed by atoms with Gasteiger partial charge >= 0.3 is 11.9 Å². The van der Waals surface area contributed by atoms with E-state index in [1.165, 1.54) is 4.90 Å². The normalized spacial score (nSPS) is 14.1. The Balaban J connectivity index is 1.81. The zero-order valence-corrected chi connectivity index (χ0v) is 8.89. The van der Waals surface area contributed by atoms with Crippen LogP contribution in [0.3, 0.4) is 0 Å². The number of benzene rings is 1. The summed E-state index contributed by atoms with van der Waals surface area (Å²) < 4.78 is 4.92. The van der Waals surface area contributed by atoms with E-state index in [0.29, 0.717) is 13.1 Å². The van der Waals surface area contributed by atoms with Gasteiger partial charge in [-0.3, -0.25) is 4.79 Å². The molecule has 1 aromatic carbocycles. The van der Waals surface area contributed by atoms with E-state index in [9.17, 15) is 9.59 Å². The van der Waals surface area contributed by atoms with Gasteiger partial charge in [-0.15, -0.1) is 0 Å². The molecule has 0 aromatic heterocycles. The zero-order valence-electron chi connectivity index (χ0n) is 8.89. The molecule has 0 unspecified atom stereocenters. The van der Waals surface area contributed by atoms with Crippen LogP contribution >= 0.6 is 0 Å².